The fraction of sp³-hybridized carbons (Fsp3) is 0.105. The lowest BCUT2D eigenvalue weighted by atomic mass is 10.2. The van der Waals surface area contributed by atoms with E-state index < -0.39 is 48.4 Å². The van der Waals surface area contributed by atoms with Gasteiger partial charge in [0.1, 0.15) is 5.82 Å². The maximum absolute atomic E-state index is 13.6. The molecule has 0 saturated carbocycles. The molecule has 0 saturated heterocycles. The smallest absolute Gasteiger partial charge is 0.331 e. The van der Waals surface area contributed by atoms with Crippen molar-refractivity contribution in [1.82, 2.24) is 5.32 Å². The summed E-state index contributed by atoms with van der Waals surface area (Å²) in [7, 11) is 0. The van der Waals surface area contributed by atoms with E-state index >= 15 is 0 Å². The van der Waals surface area contributed by atoms with Crippen LogP contribution in [0.3, 0.4) is 0 Å². The van der Waals surface area contributed by atoms with Crippen LogP contribution in [-0.4, -0.2) is 30.9 Å². The maximum Gasteiger partial charge on any atom is 0.331 e. The number of carbonyl (C=O) groups excluding carboxylic acids is 3. The van der Waals surface area contributed by atoms with Gasteiger partial charge in [-0.1, -0.05) is 17.7 Å². The van der Waals surface area contributed by atoms with Gasteiger partial charge in [0.25, 0.3) is 5.91 Å². The Morgan fingerprint density at radius 2 is 1.76 bits per heavy atom. The molecule has 0 radical (unpaired) electrons. The number of benzene rings is 2. The Hall–Kier alpha value is -3.33. The van der Waals surface area contributed by atoms with E-state index in [0.29, 0.717) is 0 Å². The number of hydrogen-bond donors (Lipinski definition) is 2. The van der Waals surface area contributed by atoms with Gasteiger partial charge in [-0.15, -0.1) is 0 Å². The highest BCUT2D eigenvalue weighted by atomic mass is 35.5. The number of nitrogens with one attached hydrogen (secondary N) is 2. The number of anilines is 1. The second-order valence-electron chi connectivity index (χ2n) is 5.53. The number of ether oxygens (including phenoxy) is 1. The van der Waals surface area contributed by atoms with E-state index in [4.69, 9.17) is 11.6 Å². The molecule has 2 aromatic carbocycles. The summed E-state index contributed by atoms with van der Waals surface area (Å²) in [6.45, 7) is -1.18. The summed E-state index contributed by atoms with van der Waals surface area (Å²) in [5.74, 6) is -5.24. The summed E-state index contributed by atoms with van der Waals surface area (Å²) in [5, 5.41) is 4.52. The molecule has 0 aromatic heterocycles. The van der Waals surface area contributed by atoms with Crippen LogP contribution >= 0.6 is 11.6 Å². The van der Waals surface area contributed by atoms with Gasteiger partial charge < -0.3 is 15.4 Å². The lowest BCUT2D eigenvalue weighted by Crippen LogP contribution is -2.35. The summed E-state index contributed by atoms with van der Waals surface area (Å²) < 4.78 is 44.1. The zero-order chi connectivity index (χ0) is 21.4. The monoisotopic (exact) mass is 426 g/mol. The van der Waals surface area contributed by atoms with Gasteiger partial charge in [-0.3, -0.25) is 9.59 Å². The molecule has 6 nitrogen and oxygen atoms in total. The Morgan fingerprint density at radius 1 is 1.00 bits per heavy atom. The first-order valence-electron chi connectivity index (χ1n) is 8.06. The number of esters is 1. The number of halogens is 4. The van der Waals surface area contributed by atoms with Crippen molar-refractivity contribution in [2.75, 3.05) is 18.5 Å². The minimum Gasteiger partial charge on any atom is -0.452 e. The Labute approximate surface area is 168 Å². The minimum atomic E-state index is -1.14. The Morgan fingerprint density at radius 3 is 2.45 bits per heavy atom. The normalized spacial score (nSPS) is 10.6. The lowest BCUT2D eigenvalue weighted by Gasteiger charge is -2.07. The first kappa shape index (κ1) is 22.0. The molecule has 0 atom stereocenters. The highest BCUT2D eigenvalue weighted by Crippen LogP contribution is 2.20. The van der Waals surface area contributed by atoms with Crippen molar-refractivity contribution >= 4 is 41.1 Å². The van der Waals surface area contributed by atoms with Crippen LogP contribution in [0, 0.1) is 17.5 Å². The molecule has 0 aliphatic rings. The van der Waals surface area contributed by atoms with Gasteiger partial charge in [-0.05, 0) is 30.3 Å². The lowest BCUT2D eigenvalue weighted by molar-refractivity contribution is -0.143. The average molecular weight is 427 g/mol. The van der Waals surface area contributed by atoms with Crippen LogP contribution in [-0.2, 0) is 19.1 Å². The summed E-state index contributed by atoms with van der Waals surface area (Å²) in [4.78, 5) is 34.9. The van der Waals surface area contributed by atoms with E-state index in [1.165, 1.54) is 12.1 Å². The third kappa shape index (κ3) is 6.96. The van der Waals surface area contributed by atoms with Crippen LogP contribution in [0.15, 0.2) is 42.5 Å². The minimum absolute atomic E-state index is 0.00604. The molecule has 152 valence electrons. The first-order chi connectivity index (χ1) is 13.8. The van der Waals surface area contributed by atoms with Crippen LogP contribution in [0.1, 0.15) is 5.56 Å². The van der Waals surface area contributed by atoms with Gasteiger partial charge in [-0.25, -0.2) is 18.0 Å². The number of hydrogen-bond acceptors (Lipinski definition) is 4. The van der Waals surface area contributed by atoms with Crippen molar-refractivity contribution in [3.8, 4) is 0 Å². The fourth-order valence-electron chi connectivity index (χ4n) is 2.02. The van der Waals surface area contributed by atoms with Gasteiger partial charge in [0.05, 0.1) is 11.6 Å². The molecular weight excluding hydrogens is 413 g/mol. The average Bonchev–Trinajstić information content (AvgIpc) is 2.67. The van der Waals surface area contributed by atoms with Crippen LogP contribution < -0.4 is 10.6 Å². The van der Waals surface area contributed by atoms with Crippen LogP contribution in [0.25, 0.3) is 6.08 Å². The van der Waals surface area contributed by atoms with Gasteiger partial charge in [0.15, 0.2) is 18.2 Å². The zero-order valence-corrected chi connectivity index (χ0v) is 15.4. The van der Waals surface area contributed by atoms with E-state index in [1.54, 1.807) is 0 Å². The Kier molecular flexibility index (Phi) is 7.79. The summed E-state index contributed by atoms with van der Waals surface area (Å²) in [6.07, 6.45) is 2.00. The standard InChI is InChI=1S/C19H14ClF3N2O4/c20-13-2-1-3-14(21)12(13)5-7-19(28)29-10-18(27)24-9-17(26)25-11-4-6-15(22)16(23)8-11/h1-8H,9-10H2,(H,24,27)(H,25,26)/b7-5+. The highest BCUT2D eigenvalue weighted by Gasteiger charge is 2.10. The van der Waals surface area contributed by atoms with E-state index in [0.717, 1.165) is 36.4 Å². The SMILES string of the molecule is O=C(COC(=O)/C=C/c1c(F)cccc1Cl)NCC(=O)Nc1ccc(F)c(F)c1. The molecule has 0 aliphatic carbocycles. The molecule has 2 aromatic rings. The van der Waals surface area contributed by atoms with E-state index in [1.807, 2.05) is 0 Å². The highest BCUT2D eigenvalue weighted by molar-refractivity contribution is 6.32. The topological polar surface area (TPSA) is 84.5 Å². The van der Waals surface area contributed by atoms with Crippen molar-refractivity contribution < 1.29 is 32.3 Å². The maximum atomic E-state index is 13.6. The molecule has 2 rings (SSSR count). The summed E-state index contributed by atoms with van der Waals surface area (Å²) in [6, 6.07) is 6.77. The molecule has 2 amide bonds. The summed E-state index contributed by atoms with van der Waals surface area (Å²) >= 11 is 5.80. The van der Waals surface area contributed by atoms with Crippen molar-refractivity contribution in [2.45, 2.75) is 0 Å². The molecule has 0 spiro atoms. The third-order valence-electron chi connectivity index (χ3n) is 3.38. The van der Waals surface area contributed by atoms with Gasteiger partial charge in [0.2, 0.25) is 5.91 Å². The largest absolute Gasteiger partial charge is 0.452 e. The first-order valence-corrected chi connectivity index (χ1v) is 8.44. The fourth-order valence-corrected chi connectivity index (χ4v) is 2.24. The van der Waals surface area contributed by atoms with Gasteiger partial charge in [0, 0.05) is 23.4 Å². The van der Waals surface area contributed by atoms with Crippen molar-refractivity contribution in [3.63, 3.8) is 0 Å². The van der Waals surface area contributed by atoms with Crippen LogP contribution in [0.2, 0.25) is 5.02 Å². The van der Waals surface area contributed by atoms with Crippen molar-refractivity contribution in [2.24, 2.45) is 0 Å². The van der Waals surface area contributed by atoms with Crippen molar-refractivity contribution in [3.05, 3.63) is 70.5 Å². The molecular formula is C19H14ClF3N2O4. The second kappa shape index (κ2) is 10.3. The zero-order valence-electron chi connectivity index (χ0n) is 14.7. The molecule has 10 heteroatoms. The molecule has 0 aliphatic heterocycles. The molecule has 0 heterocycles. The van der Waals surface area contributed by atoms with Gasteiger partial charge in [-0.2, -0.15) is 0 Å². The van der Waals surface area contributed by atoms with Crippen LogP contribution in [0.4, 0.5) is 18.9 Å². The Bertz CT molecular complexity index is 946. The predicted molar refractivity (Wildman–Crippen MR) is 99.4 cm³/mol. The third-order valence-corrected chi connectivity index (χ3v) is 3.71. The molecule has 0 unspecified atom stereocenters. The van der Waals surface area contributed by atoms with Crippen LogP contribution in [0.5, 0.6) is 0 Å². The number of rotatable bonds is 7. The summed E-state index contributed by atoms with van der Waals surface area (Å²) in [5.41, 5.74) is -0.00371. The molecule has 0 fully saturated rings. The Balaban J connectivity index is 1.74. The van der Waals surface area contributed by atoms with E-state index in [9.17, 15) is 27.6 Å². The van der Waals surface area contributed by atoms with E-state index in [-0.39, 0.29) is 16.3 Å². The quantitative estimate of drug-likeness (QED) is 0.526. The molecule has 29 heavy (non-hydrogen) atoms. The second-order valence-corrected chi connectivity index (χ2v) is 5.94. The number of amides is 2. The number of carbonyl (C=O) groups is 3. The predicted octanol–water partition coefficient (Wildman–Crippen LogP) is 3.07. The van der Waals surface area contributed by atoms with Gasteiger partial charge >= 0.3 is 5.97 Å². The molecule has 0 bridgehead atoms. The molecule has 2 N–H and O–H groups in total. The van der Waals surface area contributed by atoms with Crippen molar-refractivity contribution in [1.29, 1.82) is 0 Å². The van der Waals surface area contributed by atoms with E-state index in [2.05, 4.69) is 15.4 Å².